The Balaban J connectivity index is 2.20. The summed E-state index contributed by atoms with van der Waals surface area (Å²) in [6.45, 7) is 1.68. The zero-order valence-corrected chi connectivity index (χ0v) is 10.4. The van der Waals surface area contributed by atoms with Crippen molar-refractivity contribution in [2.24, 2.45) is 0 Å². The molecule has 0 radical (unpaired) electrons. The van der Waals surface area contributed by atoms with Crippen LogP contribution < -0.4 is 5.32 Å². The van der Waals surface area contributed by atoms with Crippen LogP contribution in [0.5, 0.6) is 0 Å². The minimum Gasteiger partial charge on any atom is -0.478 e. The average Bonchev–Trinajstić information content (AvgIpc) is 2.57. The number of carbonyl (C=O) groups is 1. The molecule has 6 nitrogen and oxygen atoms in total. The van der Waals surface area contributed by atoms with Crippen LogP contribution in [0.4, 0.5) is 5.82 Å². The summed E-state index contributed by atoms with van der Waals surface area (Å²) < 4.78 is 22.5. The second kappa shape index (κ2) is 4.41. The van der Waals surface area contributed by atoms with Gasteiger partial charge in [0.25, 0.3) is 0 Å². The van der Waals surface area contributed by atoms with E-state index in [1.165, 1.54) is 18.2 Å². The molecule has 1 aromatic rings. The van der Waals surface area contributed by atoms with Crippen molar-refractivity contribution in [3.05, 3.63) is 34.9 Å². The molecule has 2 rings (SSSR count). The fourth-order valence-corrected chi connectivity index (χ4v) is 2.96. The summed E-state index contributed by atoms with van der Waals surface area (Å²) in [5.74, 6) is -0.720. The fourth-order valence-electron chi connectivity index (χ4n) is 1.72. The number of carboxylic acids is 1. The summed E-state index contributed by atoms with van der Waals surface area (Å²) in [6, 6.07) is 2.47. The molecule has 2 N–H and O–H groups in total. The molecule has 1 aliphatic heterocycles. The van der Waals surface area contributed by atoms with Crippen molar-refractivity contribution in [1.82, 2.24) is 4.98 Å². The number of carboxylic acid groups (broad SMARTS) is 1. The van der Waals surface area contributed by atoms with Crippen molar-refractivity contribution in [3.63, 3.8) is 0 Å². The van der Waals surface area contributed by atoms with Gasteiger partial charge >= 0.3 is 5.97 Å². The number of pyridine rings is 1. The molecule has 0 fully saturated rings. The molecule has 1 aromatic heterocycles. The predicted octanol–water partition coefficient (Wildman–Crippen LogP) is 0.811. The van der Waals surface area contributed by atoms with E-state index in [0.717, 1.165) is 5.41 Å². The van der Waals surface area contributed by atoms with E-state index < -0.39 is 15.8 Å². The Morgan fingerprint density at radius 3 is 2.78 bits per heavy atom. The summed E-state index contributed by atoms with van der Waals surface area (Å²) in [4.78, 5) is 15.0. The minimum atomic E-state index is -3.14. The molecule has 0 aliphatic carbocycles. The molecule has 96 valence electrons. The Labute approximate surface area is 104 Å². The van der Waals surface area contributed by atoms with Gasteiger partial charge in [-0.1, -0.05) is 0 Å². The van der Waals surface area contributed by atoms with Crippen LogP contribution in [0.1, 0.15) is 16.1 Å². The molecule has 18 heavy (non-hydrogen) atoms. The van der Waals surface area contributed by atoms with Gasteiger partial charge in [-0.05, 0) is 25.1 Å². The number of aryl methyl sites for hydroxylation is 1. The highest BCUT2D eigenvalue weighted by Crippen LogP contribution is 2.15. The Bertz CT molecular complexity index is 622. The maximum Gasteiger partial charge on any atom is 0.335 e. The molecule has 0 saturated carbocycles. The first-order valence-electron chi connectivity index (χ1n) is 5.25. The van der Waals surface area contributed by atoms with E-state index in [9.17, 15) is 13.2 Å². The summed E-state index contributed by atoms with van der Waals surface area (Å²) in [6.07, 6.45) is 1.53. The van der Waals surface area contributed by atoms with Crippen LogP contribution in [0.25, 0.3) is 0 Å². The lowest BCUT2D eigenvalue weighted by molar-refractivity contribution is 0.0696. The van der Waals surface area contributed by atoms with Gasteiger partial charge in [0.15, 0.2) is 9.84 Å². The molecule has 1 unspecified atom stereocenters. The van der Waals surface area contributed by atoms with E-state index in [-0.39, 0.29) is 17.4 Å². The smallest absolute Gasteiger partial charge is 0.335 e. The standard InChI is InChI=1S/C11H12N2O4S/c1-7-4-8(11(14)15)5-10(12-7)13-9-2-3-18(16,17)6-9/h2-5,9H,6H2,1H3,(H,12,13)(H,14,15). The van der Waals surface area contributed by atoms with E-state index in [4.69, 9.17) is 5.11 Å². The quantitative estimate of drug-likeness (QED) is 0.842. The molecule has 0 amide bonds. The van der Waals surface area contributed by atoms with Crippen molar-refractivity contribution >= 4 is 21.6 Å². The molecule has 1 aliphatic rings. The van der Waals surface area contributed by atoms with Gasteiger partial charge in [0.05, 0.1) is 17.4 Å². The highest BCUT2D eigenvalue weighted by atomic mass is 32.2. The summed E-state index contributed by atoms with van der Waals surface area (Å²) in [5, 5.41) is 13.0. The van der Waals surface area contributed by atoms with Crippen LogP contribution >= 0.6 is 0 Å². The topological polar surface area (TPSA) is 96.4 Å². The van der Waals surface area contributed by atoms with Crippen LogP contribution in [0, 0.1) is 6.92 Å². The van der Waals surface area contributed by atoms with Gasteiger partial charge in [-0.15, -0.1) is 0 Å². The first-order chi connectivity index (χ1) is 8.35. The Kier molecular flexibility index (Phi) is 3.08. The molecule has 0 aromatic carbocycles. The Morgan fingerprint density at radius 2 is 2.22 bits per heavy atom. The number of hydrogen-bond donors (Lipinski definition) is 2. The monoisotopic (exact) mass is 268 g/mol. The first kappa shape index (κ1) is 12.6. The third-order valence-electron chi connectivity index (χ3n) is 2.46. The van der Waals surface area contributed by atoms with Gasteiger partial charge in [0.1, 0.15) is 5.82 Å². The molecule has 7 heteroatoms. The second-order valence-corrected chi connectivity index (χ2v) is 6.03. The van der Waals surface area contributed by atoms with E-state index in [1.807, 2.05) is 0 Å². The molecule has 0 saturated heterocycles. The van der Waals surface area contributed by atoms with E-state index in [0.29, 0.717) is 11.5 Å². The van der Waals surface area contributed by atoms with Crippen molar-refractivity contribution in [3.8, 4) is 0 Å². The maximum atomic E-state index is 11.2. The van der Waals surface area contributed by atoms with Gasteiger partial charge in [-0.2, -0.15) is 0 Å². The number of rotatable bonds is 3. The van der Waals surface area contributed by atoms with Crippen molar-refractivity contribution in [2.45, 2.75) is 13.0 Å². The van der Waals surface area contributed by atoms with Gasteiger partial charge in [0, 0.05) is 11.1 Å². The molecular weight excluding hydrogens is 256 g/mol. The lowest BCUT2D eigenvalue weighted by atomic mass is 10.2. The third-order valence-corrected chi connectivity index (χ3v) is 3.86. The van der Waals surface area contributed by atoms with Gasteiger partial charge < -0.3 is 10.4 Å². The van der Waals surface area contributed by atoms with Crippen LogP contribution in [-0.2, 0) is 9.84 Å². The lowest BCUT2D eigenvalue weighted by Crippen LogP contribution is -2.22. The third kappa shape index (κ3) is 2.86. The van der Waals surface area contributed by atoms with Crippen molar-refractivity contribution in [2.75, 3.05) is 11.1 Å². The molecule has 2 heterocycles. The number of anilines is 1. The summed E-state index contributed by atoms with van der Waals surface area (Å²) >= 11 is 0. The van der Waals surface area contributed by atoms with Crippen LogP contribution in [-0.4, -0.2) is 36.3 Å². The van der Waals surface area contributed by atoms with Gasteiger partial charge in [-0.25, -0.2) is 18.2 Å². The summed E-state index contributed by atoms with van der Waals surface area (Å²) in [5.41, 5.74) is 0.678. The van der Waals surface area contributed by atoms with Gasteiger partial charge in [-0.3, -0.25) is 0 Å². The van der Waals surface area contributed by atoms with E-state index >= 15 is 0 Å². The molecular formula is C11H12N2O4S. The zero-order chi connectivity index (χ0) is 13.3. The van der Waals surface area contributed by atoms with Gasteiger partial charge in [0.2, 0.25) is 0 Å². The van der Waals surface area contributed by atoms with E-state index in [1.54, 1.807) is 6.92 Å². The van der Waals surface area contributed by atoms with Crippen LogP contribution in [0.2, 0.25) is 0 Å². The minimum absolute atomic E-state index is 0.0367. The molecule has 1 atom stereocenters. The Morgan fingerprint density at radius 1 is 1.50 bits per heavy atom. The van der Waals surface area contributed by atoms with Crippen molar-refractivity contribution < 1.29 is 18.3 Å². The lowest BCUT2D eigenvalue weighted by Gasteiger charge is -2.11. The number of nitrogens with one attached hydrogen (secondary N) is 1. The molecule has 0 spiro atoms. The number of aromatic carboxylic acids is 1. The van der Waals surface area contributed by atoms with Crippen molar-refractivity contribution in [1.29, 1.82) is 0 Å². The molecule has 0 bridgehead atoms. The summed E-state index contributed by atoms with van der Waals surface area (Å²) in [7, 11) is -3.14. The maximum absolute atomic E-state index is 11.2. The van der Waals surface area contributed by atoms with E-state index in [2.05, 4.69) is 10.3 Å². The number of sulfone groups is 1. The predicted molar refractivity (Wildman–Crippen MR) is 66.3 cm³/mol. The number of hydrogen-bond acceptors (Lipinski definition) is 5. The Hall–Kier alpha value is -1.89. The van der Waals surface area contributed by atoms with Crippen LogP contribution in [0.3, 0.4) is 0 Å². The first-order valence-corrected chi connectivity index (χ1v) is 6.97. The SMILES string of the molecule is Cc1cc(C(=O)O)cc(NC2C=CS(=O)(=O)C2)n1. The highest BCUT2D eigenvalue weighted by Gasteiger charge is 2.22. The second-order valence-electron chi connectivity index (χ2n) is 4.10. The normalized spacial score (nSPS) is 20.8. The fraction of sp³-hybridized carbons (Fsp3) is 0.273. The van der Waals surface area contributed by atoms with Crippen LogP contribution in [0.15, 0.2) is 23.6 Å². The number of aromatic nitrogens is 1. The highest BCUT2D eigenvalue weighted by molar-refractivity contribution is 7.94. The largest absolute Gasteiger partial charge is 0.478 e. The number of nitrogens with zero attached hydrogens (tertiary/aromatic N) is 1. The zero-order valence-electron chi connectivity index (χ0n) is 9.62. The average molecular weight is 268 g/mol.